The van der Waals surface area contributed by atoms with Crippen molar-refractivity contribution >= 4 is 23.3 Å². The van der Waals surface area contributed by atoms with E-state index in [4.69, 9.17) is 16.3 Å². The first-order chi connectivity index (χ1) is 9.13. The van der Waals surface area contributed by atoms with Crippen molar-refractivity contribution in [1.29, 1.82) is 0 Å². The highest BCUT2D eigenvalue weighted by Crippen LogP contribution is 2.50. The number of carbonyl (C=O) groups is 1. The lowest BCUT2D eigenvalue weighted by Crippen LogP contribution is -2.42. The fraction of sp³-hybridized carbons (Fsp3) is 0.357. The molecule has 19 heavy (non-hydrogen) atoms. The van der Waals surface area contributed by atoms with Crippen LogP contribution >= 0.6 is 11.6 Å². The largest absolute Gasteiger partial charge is 0.495 e. The second-order valence-electron chi connectivity index (χ2n) is 4.85. The molecule has 1 aliphatic carbocycles. The zero-order chi connectivity index (χ0) is 13.6. The first kappa shape index (κ1) is 12.4. The van der Waals surface area contributed by atoms with Crippen molar-refractivity contribution in [2.45, 2.75) is 18.4 Å². The molecule has 4 nitrogen and oxygen atoms in total. The number of halogens is 1. The quantitative estimate of drug-likeness (QED) is 0.817. The zero-order valence-corrected chi connectivity index (χ0v) is 11.1. The molecule has 0 fully saturated rings. The molecule has 0 unspecified atom stereocenters. The monoisotopic (exact) mass is 279 g/mol. The van der Waals surface area contributed by atoms with Crippen molar-refractivity contribution in [3.63, 3.8) is 0 Å². The van der Waals surface area contributed by atoms with Gasteiger partial charge in [-0.1, -0.05) is 23.8 Å². The standard InChI is InChI=1S/C14H14ClNO3/c1-19-10-6-5-9(15)11-7-3-2-4-8(7)12(14(17)18)16-13(10)11/h2-3,5-8,12,16H,4H2,1H3,(H,17,18)/t7-,8-,12+/m0/s1. The molecule has 100 valence electrons. The van der Waals surface area contributed by atoms with Crippen LogP contribution in [0.1, 0.15) is 17.9 Å². The van der Waals surface area contributed by atoms with Crippen molar-refractivity contribution < 1.29 is 14.6 Å². The Kier molecular flexibility index (Phi) is 2.90. The Morgan fingerprint density at radius 2 is 2.32 bits per heavy atom. The maximum Gasteiger partial charge on any atom is 0.326 e. The predicted octanol–water partition coefficient (Wildman–Crippen LogP) is 2.89. The van der Waals surface area contributed by atoms with Gasteiger partial charge in [0.05, 0.1) is 12.8 Å². The van der Waals surface area contributed by atoms with Crippen LogP contribution in [0.2, 0.25) is 5.02 Å². The van der Waals surface area contributed by atoms with E-state index in [2.05, 4.69) is 5.32 Å². The molecule has 2 aliphatic rings. The fourth-order valence-electron chi connectivity index (χ4n) is 3.05. The fourth-order valence-corrected chi connectivity index (χ4v) is 3.34. The van der Waals surface area contributed by atoms with Crippen LogP contribution in [0.5, 0.6) is 5.75 Å². The Balaban J connectivity index is 2.17. The number of ether oxygens (including phenoxy) is 1. The molecule has 5 heteroatoms. The van der Waals surface area contributed by atoms with Gasteiger partial charge in [-0.2, -0.15) is 0 Å². The lowest BCUT2D eigenvalue weighted by atomic mass is 9.79. The molecule has 1 aromatic carbocycles. The Labute approximate surface area is 116 Å². The third-order valence-electron chi connectivity index (χ3n) is 3.91. The number of allylic oxidation sites excluding steroid dienone is 2. The van der Waals surface area contributed by atoms with Gasteiger partial charge in [0.2, 0.25) is 0 Å². The summed E-state index contributed by atoms with van der Waals surface area (Å²) in [7, 11) is 1.57. The van der Waals surface area contributed by atoms with Gasteiger partial charge in [0.1, 0.15) is 11.8 Å². The minimum absolute atomic E-state index is 0.00889. The van der Waals surface area contributed by atoms with Crippen LogP contribution in [-0.4, -0.2) is 24.2 Å². The van der Waals surface area contributed by atoms with Crippen LogP contribution < -0.4 is 10.1 Å². The van der Waals surface area contributed by atoms with Gasteiger partial charge in [-0.05, 0) is 18.6 Å². The van der Waals surface area contributed by atoms with Crippen LogP contribution in [0.3, 0.4) is 0 Å². The molecule has 0 bridgehead atoms. The highest BCUT2D eigenvalue weighted by atomic mass is 35.5. The topological polar surface area (TPSA) is 58.6 Å². The van der Waals surface area contributed by atoms with E-state index in [1.165, 1.54) is 0 Å². The molecular weight excluding hydrogens is 266 g/mol. The van der Waals surface area contributed by atoms with Crippen LogP contribution in [0.15, 0.2) is 24.3 Å². The number of benzene rings is 1. The van der Waals surface area contributed by atoms with E-state index in [9.17, 15) is 9.90 Å². The summed E-state index contributed by atoms with van der Waals surface area (Å²) in [4.78, 5) is 11.4. The van der Waals surface area contributed by atoms with Crippen molar-refractivity contribution in [2.24, 2.45) is 5.92 Å². The summed E-state index contributed by atoms with van der Waals surface area (Å²) in [5.74, 6) is -0.162. The summed E-state index contributed by atoms with van der Waals surface area (Å²) in [6, 6.07) is 2.94. The van der Waals surface area contributed by atoms with E-state index < -0.39 is 12.0 Å². The summed E-state index contributed by atoms with van der Waals surface area (Å²) in [6.07, 6.45) is 4.82. The average molecular weight is 280 g/mol. The van der Waals surface area contributed by atoms with E-state index >= 15 is 0 Å². The second kappa shape index (κ2) is 4.46. The lowest BCUT2D eigenvalue weighted by Gasteiger charge is -2.35. The van der Waals surface area contributed by atoms with Gasteiger partial charge >= 0.3 is 5.97 Å². The number of carboxylic acid groups (broad SMARTS) is 1. The first-order valence-corrected chi connectivity index (χ1v) is 6.53. The zero-order valence-electron chi connectivity index (χ0n) is 10.4. The minimum atomic E-state index is -0.841. The van der Waals surface area contributed by atoms with Gasteiger partial charge < -0.3 is 15.2 Å². The minimum Gasteiger partial charge on any atom is -0.495 e. The molecule has 1 aliphatic heterocycles. The Hall–Kier alpha value is -1.68. The van der Waals surface area contributed by atoms with Gasteiger partial charge in [-0.15, -0.1) is 0 Å². The number of anilines is 1. The normalized spacial score (nSPS) is 27.4. The van der Waals surface area contributed by atoms with E-state index in [1.54, 1.807) is 19.2 Å². The van der Waals surface area contributed by atoms with Gasteiger partial charge in [-0.25, -0.2) is 4.79 Å². The molecule has 0 aromatic heterocycles. The number of hydrogen-bond acceptors (Lipinski definition) is 3. The number of methoxy groups -OCH3 is 1. The number of rotatable bonds is 2. The van der Waals surface area contributed by atoms with Gasteiger partial charge in [0, 0.05) is 22.4 Å². The van der Waals surface area contributed by atoms with Gasteiger partial charge in [0.25, 0.3) is 0 Å². The second-order valence-corrected chi connectivity index (χ2v) is 5.26. The van der Waals surface area contributed by atoms with Gasteiger partial charge in [0.15, 0.2) is 0 Å². The van der Waals surface area contributed by atoms with E-state index in [-0.39, 0.29) is 11.8 Å². The van der Waals surface area contributed by atoms with Crippen LogP contribution in [0, 0.1) is 5.92 Å². The average Bonchev–Trinajstić information content (AvgIpc) is 2.86. The lowest BCUT2D eigenvalue weighted by molar-refractivity contribution is -0.139. The first-order valence-electron chi connectivity index (χ1n) is 6.16. The summed E-state index contributed by atoms with van der Waals surface area (Å²) in [6.45, 7) is 0. The SMILES string of the molecule is COc1ccc(Cl)c2c1N[C@@H](C(=O)O)[C@H]1CC=C[C@H]21. The molecule has 3 rings (SSSR count). The summed E-state index contributed by atoms with van der Waals surface area (Å²) >= 11 is 6.29. The molecule has 0 spiro atoms. The molecule has 3 atom stereocenters. The molecule has 1 heterocycles. The number of nitrogens with one attached hydrogen (secondary N) is 1. The molecule has 2 N–H and O–H groups in total. The Morgan fingerprint density at radius 1 is 1.53 bits per heavy atom. The number of fused-ring (bicyclic) bond motifs is 3. The molecule has 1 aromatic rings. The third-order valence-corrected chi connectivity index (χ3v) is 4.24. The van der Waals surface area contributed by atoms with Crippen LogP contribution in [0.25, 0.3) is 0 Å². The summed E-state index contributed by atoms with van der Waals surface area (Å²) in [5, 5.41) is 13.1. The predicted molar refractivity (Wildman–Crippen MR) is 73.0 cm³/mol. The van der Waals surface area contributed by atoms with Crippen LogP contribution in [0.4, 0.5) is 5.69 Å². The highest BCUT2D eigenvalue weighted by molar-refractivity contribution is 6.32. The van der Waals surface area contributed by atoms with Crippen molar-refractivity contribution in [1.82, 2.24) is 0 Å². The summed E-state index contributed by atoms with van der Waals surface area (Å²) in [5.41, 5.74) is 1.65. The van der Waals surface area contributed by atoms with Crippen LogP contribution in [-0.2, 0) is 4.79 Å². The van der Waals surface area contributed by atoms with Crippen molar-refractivity contribution in [2.75, 3.05) is 12.4 Å². The molecule has 0 radical (unpaired) electrons. The van der Waals surface area contributed by atoms with Crippen molar-refractivity contribution in [3.8, 4) is 5.75 Å². The van der Waals surface area contributed by atoms with Crippen molar-refractivity contribution in [3.05, 3.63) is 34.9 Å². The smallest absolute Gasteiger partial charge is 0.326 e. The summed E-state index contributed by atoms with van der Waals surface area (Å²) < 4.78 is 5.31. The maximum atomic E-state index is 11.4. The number of carboxylic acids is 1. The molecule has 0 saturated heterocycles. The van der Waals surface area contributed by atoms with E-state index in [1.807, 2.05) is 12.2 Å². The third kappa shape index (κ3) is 1.78. The van der Waals surface area contributed by atoms with E-state index in [0.717, 1.165) is 12.0 Å². The molecular formula is C14H14ClNO3. The number of hydrogen-bond donors (Lipinski definition) is 2. The van der Waals surface area contributed by atoms with E-state index in [0.29, 0.717) is 16.5 Å². The number of aliphatic carboxylic acids is 1. The van der Waals surface area contributed by atoms with Gasteiger partial charge in [-0.3, -0.25) is 0 Å². The maximum absolute atomic E-state index is 11.4. The Bertz CT molecular complexity index is 570. The highest BCUT2D eigenvalue weighted by Gasteiger charge is 2.42. The Morgan fingerprint density at radius 3 is 3.00 bits per heavy atom. The molecule has 0 amide bonds. The molecule has 0 saturated carbocycles.